The Kier molecular flexibility index (Phi) is 6.37. The van der Waals surface area contributed by atoms with E-state index in [9.17, 15) is 0 Å². The molecule has 0 bridgehead atoms. The molecule has 0 unspecified atom stereocenters. The lowest BCUT2D eigenvalue weighted by Crippen LogP contribution is -2.23. The zero-order valence-corrected chi connectivity index (χ0v) is 11.3. The predicted molar refractivity (Wildman–Crippen MR) is 69.7 cm³/mol. The van der Waals surface area contributed by atoms with Crippen LogP contribution in [0.15, 0.2) is 0 Å². The van der Waals surface area contributed by atoms with E-state index in [1.165, 1.54) is 45.2 Å². The van der Waals surface area contributed by atoms with Crippen LogP contribution >= 0.6 is 0 Å². The lowest BCUT2D eigenvalue weighted by Gasteiger charge is -2.22. The smallest absolute Gasteiger partial charge is 0.0468 e. The molecular weight excluding hydrogens is 198 g/mol. The van der Waals surface area contributed by atoms with Crippen LogP contribution in [0.2, 0.25) is 0 Å². The van der Waals surface area contributed by atoms with Gasteiger partial charge in [0.05, 0.1) is 0 Å². The van der Waals surface area contributed by atoms with E-state index in [0.717, 1.165) is 19.1 Å². The molecule has 0 aromatic carbocycles. The molecule has 1 aliphatic rings. The lowest BCUT2D eigenvalue weighted by atomic mass is 9.90. The summed E-state index contributed by atoms with van der Waals surface area (Å²) in [5, 5.41) is 3.56. The Bertz CT molecular complexity index is 168. The molecule has 2 nitrogen and oxygen atoms in total. The van der Waals surface area contributed by atoms with Crippen LogP contribution in [0.4, 0.5) is 0 Å². The van der Waals surface area contributed by atoms with E-state index in [1.54, 1.807) is 0 Å². The van der Waals surface area contributed by atoms with Crippen LogP contribution in [0.1, 0.15) is 52.9 Å². The van der Waals surface area contributed by atoms with Crippen molar-refractivity contribution in [3.63, 3.8) is 0 Å². The molecule has 96 valence electrons. The first-order chi connectivity index (χ1) is 7.58. The van der Waals surface area contributed by atoms with Gasteiger partial charge in [-0.15, -0.1) is 0 Å². The Hall–Kier alpha value is -0.0800. The molecule has 1 fully saturated rings. The van der Waals surface area contributed by atoms with Crippen LogP contribution in [0.5, 0.6) is 0 Å². The summed E-state index contributed by atoms with van der Waals surface area (Å²) >= 11 is 0. The summed E-state index contributed by atoms with van der Waals surface area (Å²) in [6.07, 6.45) is 6.49. The van der Waals surface area contributed by atoms with E-state index < -0.39 is 0 Å². The average molecular weight is 227 g/mol. The molecule has 1 N–H and O–H groups in total. The standard InChI is InChI=1S/C14H29NO/c1-14(2,3)8-4-9-15-10-5-13-6-11-16-12-7-13/h13,15H,4-12H2,1-3H3. The van der Waals surface area contributed by atoms with Crippen molar-refractivity contribution in [3.05, 3.63) is 0 Å². The Balaban J connectivity index is 1.87. The number of hydrogen-bond donors (Lipinski definition) is 1. The normalized spacial score (nSPS) is 18.9. The van der Waals surface area contributed by atoms with Crippen LogP contribution in [0.25, 0.3) is 0 Å². The number of hydrogen-bond acceptors (Lipinski definition) is 2. The quantitative estimate of drug-likeness (QED) is 0.704. The SMILES string of the molecule is CC(C)(C)CCCNCCC1CCOCC1. The van der Waals surface area contributed by atoms with Crippen LogP contribution in [0.3, 0.4) is 0 Å². The van der Waals surface area contributed by atoms with Crippen molar-refractivity contribution in [3.8, 4) is 0 Å². The van der Waals surface area contributed by atoms with Gasteiger partial charge >= 0.3 is 0 Å². The van der Waals surface area contributed by atoms with Crippen molar-refractivity contribution in [2.75, 3.05) is 26.3 Å². The summed E-state index contributed by atoms with van der Waals surface area (Å²) in [6.45, 7) is 11.3. The summed E-state index contributed by atoms with van der Waals surface area (Å²) < 4.78 is 5.36. The molecule has 16 heavy (non-hydrogen) atoms. The molecule has 0 aromatic rings. The Labute approximate surface area is 101 Å². The van der Waals surface area contributed by atoms with Gasteiger partial charge in [-0.3, -0.25) is 0 Å². The highest BCUT2D eigenvalue weighted by molar-refractivity contribution is 4.66. The van der Waals surface area contributed by atoms with Gasteiger partial charge in [-0.05, 0) is 56.5 Å². The van der Waals surface area contributed by atoms with Gasteiger partial charge in [-0.2, -0.15) is 0 Å². The fourth-order valence-electron chi connectivity index (χ4n) is 2.21. The van der Waals surface area contributed by atoms with Crippen molar-refractivity contribution in [1.29, 1.82) is 0 Å². The highest BCUT2D eigenvalue weighted by Crippen LogP contribution is 2.20. The van der Waals surface area contributed by atoms with Crippen LogP contribution in [0, 0.1) is 11.3 Å². The van der Waals surface area contributed by atoms with Gasteiger partial charge < -0.3 is 10.1 Å². The van der Waals surface area contributed by atoms with Crippen molar-refractivity contribution in [1.82, 2.24) is 5.32 Å². The minimum atomic E-state index is 0.488. The highest BCUT2D eigenvalue weighted by Gasteiger charge is 2.13. The third kappa shape index (κ3) is 7.24. The lowest BCUT2D eigenvalue weighted by molar-refractivity contribution is 0.0640. The fourth-order valence-corrected chi connectivity index (χ4v) is 2.21. The van der Waals surface area contributed by atoms with Crippen molar-refractivity contribution >= 4 is 0 Å². The Morgan fingerprint density at radius 2 is 1.81 bits per heavy atom. The number of nitrogens with one attached hydrogen (secondary N) is 1. The summed E-state index contributed by atoms with van der Waals surface area (Å²) in [4.78, 5) is 0. The first-order valence-electron chi connectivity index (χ1n) is 6.86. The van der Waals surface area contributed by atoms with Crippen LogP contribution in [-0.2, 0) is 4.74 Å². The van der Waals surface area contributed by atoms with Gasteiger partial charge in [-0.25, -0.2) is 0 Å². The molecule has 0 amide bonds. The van der Waals surface area contributed by atoms with Crippen molar-refractivity contribution in [2.24, 2.45) is 11.3 Å². The van der Waals surface area contributed by atoms with Crippen LogP contribution in [-0.4, -0.2) is 26.3 Å². The third-order valence-electron chi connectivity index (χ3n) is 3.35. The van der Waals surface area contributed by atoms with Crippen LogP contribution < -0.4 is 5.32 Å². The van der Waals surface area contributed by atoms with Crippen molar-refractivity contribution < 1.29 is 4.74 Å². The molecule has 2 heteroatoms. The van der Waals surface area contributed by atoms with Gasteiger partial charge in [0.25, 0.3) is 0 Å². The molecule has 1 saturated heterocycles. The molecule has 0 radical (unpaired) electrons. The van der Waals surface area contributed by atoms with Gasteiger partial charge in [-0.1, -0.05) is 20.8 Å². The third-order valence-corrected chi connectivity index (χ3v) is 3.35. The second-order valence-corrected chi connectivity index (χ2v) is 6.26. The van der Waals surface area contributed by atoms with Crippen molar-refractivity contribution in [2.45, 2.75) is 52.9 Å². The van der Waals surface area contributed by atoms with Gasteiger partial charge in [0.15, 0.2) is 0 Å². The first kappa shape index (κ1) is 14.0. The van der Waals surface area contributed by atoms with E-state index in [4.69, 9.17) is 4.74 Å². The highest BCUT2D eigenvalue weighted by atomic mass is 16.5. The molecule has 0 atom stereocenters. The minimum absolute atomic E-state index is 0.488. The van der Waals surface area contributed by atoms with E-state index in [0.29, 0.717) is 5.41 Å². The Morgan fingerprint density at radius 3 is 2.44 bits per heavy atom. The maximum Gasteiger partial charge on any atom is 0.0468 e. The van der Waals surface area contributed by atoms with Gasteiger partial charge in [0, 0.05) is 13.2 Å². The summed E-state index contributed by atoms with van der Waals surface area (Å²) in [5.41, 5.74) is 0.488. The molecule has 1 rings (SSSR count). The summed E-state index contributed by atoms with van der Waals surface area (Å²) in [7, 11) is 0. The van der Waals surface area contributed by atoms with Gasteiger partial charge in [0.2, 0.25) is 0 Å². The second kappa shape index (κ2) is 7.29. The van der Waals surface area contributed by atoms with E-state index >= 15 is 0 Å². The molecule has 1 heterocycles. The topological polar surface area (TPSA) is 21.3 Å². The zero-order valence-electron chi connectivity index (χ0n) is 11.3. The number of ether oxygens (including phenoxy) is 1. The number of rotatable bonds is 6. The molecule has 0 spiro atoms. The summed E-state index contributed by atoms with van der Waals surface area (Å²) in [5.74, 6) is 0.906. The largest absolute Gasteiger partial charge is 0.381 e. The fraction of sp³-hybridized carbons (Fsp3) is 1.00. The molecule has 0 aromatic heterocycles. The Morgan fingerprint density at radius 1 is 1.12 bits per heavy atom. The van der Waals surface area contributed by atoms with E-state index in [1.807, 2.05) is 0 Å². The molecule has 0 saturated carbocycles. The molecule has 0 aliphatic carbocycles. The zero-order chi connectivity index (χ0) is 11.9. The van der Waals surface area contributed by atoms with E-state index in [2.05, 4.69) is 26.1 Å². The van der Waals surface area contributed by atoms with Gasteiger partial charge in [0.1, 0.15) is 0 Å². The molecular formula is C14H29NO. The monoisotopic (exact) mass is 227 g/mol. The minimum Gasteiger partial charge on any atom is -0.381 e. The maximum absolute atomic E-state index is 5.36. The summed E-state index contributed by atoms with van der Waals surface area (Å²) in [6, 6.07) is 0. The predicted octanol–water partition coefficient (Wildman–Crippen LogP) is 3.22. The maximum atomic E-state index is 5.36. The second-order valence-electron chi connectivity index (χ2n) is 6.26. The average Bonchev–Trinajstić information content (AvgIpc) is 2.23. The molecule has 1 aliphatic heterocycles. The van der Waals surface area contributed by atoms with E-state index in [-0.39, 0.29) is 0 Å². The first-order valence-corrected chi connectivity index (χ1v) is 6.86.